The first-order valence-electron chi connectivity index (χ1n) is 2.49. The predicted octanol–water partition coefficient (Wildman–Crippen LogP) is -1.17. The van der Waals surface area contributed by atoms with Gasteiger partial charge in [0.2, 0.25) is 0 Å². The van der Waals surface area contributed by atoms with Gasteiger partial charge in [-0.1, -0.05) is 0 Å². The number of thiocarbonyl (C=S) groups is 1. The molecule has 0 aromatic heterocycles. The molecule has 1 heterocycles. The SMILES string of the molecule is OC1CNC(=S)NC1. The summed E-state index contributed by atoms with van der Waals surface area (Å²) in [5.41, 5.74) is 0. The number of nitrogens with one attached hydrogen (secondary N) is 2. The molecule has 0 aromatic rings. The van der Waals surface area contributed by atoms with E-state index in [4.69, 9.17) is 17.3 Å². The van der Waals surface area contributed by atoms with E-state index in [1.165, 1.54) is 0 Å². The van der Waals surface area contributed by atoms with Crippen molar-refractivity contribution in [2.45, 2.75) is 6.10 Å². The summed E-state index contributed by atoms with van der Waals surface area (Å²) < 4.78 is 0. The van der Waals surface area contributed by atoms with Crippen molar-refractivity contribution in [2.24, 2.45) is 0 Å². The lowest BCUT2D eigenvalue weighted by molar-refractivity contribution is 0.172. The minimum absolute atomic E-state index is 0.290. The lowest BCUT2D eigenvalue weighted by atomic mass is 10.3. The first-order chi connectivity index (χ1) is 3.79. The van der Waals surface area contributed by atoms with Gasteiger partial charge in [-0.05, 0) is 12.2 Å². The lowest BCUT2D eigenvalue weighted by Crippen LogP contribution is -2.50. The maximum absolute atomic E-state index is 8.84. The first kappa shape index (κ1) is 5.78. The Morgan fingerprint density at radius 2 is 2.00 bits per heavy atom. The molecule has 1 saturated heterocycles. The number of hydrogen-bond donors (Lipinski definition) is 3. The number of rotatable bonds is 0. The summed E-state index contributed by atoms with van der Waals surface area (Å²) in [6.07, 6.45) is -0.290. The van der Waals surface area contributed by atoms with Crippen molar-refractivity contribution in [3.8, 4) is 0 Å². The summed E-state index contributed by atoms with van der Waals surface area (Å²) in [5, 5.41) is 15.1. The molecular formula is C4H8N2OS. The van der Waals surface area contributed by atoms with Gasteiger partial charge >= 0.3 is 0 Å². The van der Waals surface area contributed by atoms with E-state index < -0.39 is 0 Å². The van der Waals surface area contributed by atoms with E-state index in [9.17, 15) is 0 Å². The summed E-state index contributed by atoms with van der Waals surface area (Å²) in [6, 6.07) is 0. The van der Waals surface area contributed by atoms with Gasteiger partial charge in [-0.3, -0.25) is 0 Å². The second-order valence-corrected chi connectivity index (χ2v) is 2.15. The zero-order chi connectivity index (χ0) is 5.98. The molecule has 1 rings (SSSR count). The minimum Gasteiger partial charge on any atom is -0.389 e. The van der Waals surface area contributed by atoms with Gasteiger partial charge in [0.05, 0.1) is 6.10 Å². The molecule has 0 spiro atoms. The predicted molar refractivity (Wildman–Crippen MR) is 34.6 cm³/mol. The van der Waals surface area contributed by atoms with Gasteiger partial charge in [-0.2, -0.15) is 0 Å². The molecule has 3 nitrogen and oxygen atoms in total. The second kappa shape index (κ2) is 2.28. The van der Waals surface area contributed by atoms with Crippen LogP contribution in [-0.4, -0.2) is 29.4 Å². The molecule has 0 radical (unpaired) electrons. The average Bonchev–Trinajstić information content (AvgIpc) is 1.77. The Morgan fingerprint density at radius 1 is 1.50 bits per heavy atom. The van der Waals surface area contributed by atoms with Crippen LogP contribution in [0.15, 0.2) is 0 Å². The summed E-state index contributed by atoms with van der Waals surface area (Å²) >= 11 is 4.73. The normalized spacial score (nSPS) is 21.9. The van der Waals surface area contributed by atoms with Crippen LogP contribution in [0.25, 0.3) is 0 Å². The van der Waals surface area contributed by atoms with E-state index in [2.05, 4.69) is 10.6 Å². The molecule has 0 unspecified atom stereocenters. The van der Waals surface area contributed by atoms with Crippen LogP contribution in [0.5, 0.6) is 0 Å². The monoisotopic (exact) mass is 132 g/mol. The van der Waals surface area contributed by atoms with Crippen LogP contribution in [0.3, 0.4) is 0 Å². The van der Waals surface area contributed by atoms with Crippen LogP contribution in [0.1, 0.15) is 0 Å². The standard InChI is InChI=1S/C4H8N2OS/c7-3-1-5-4(8)6-2-3/h3,7H,1-2H2,(H2,5,6,8). The van der Waals surface area contributed by atoms with Gasteiger partial charge in [-0.15, -0.1) is 0 Å². The molecule has 8 heavy (non-hydrogen) atoms. The first-order valence-corrected chi connectivity index (χ1v) is 2.89. The number of aliphatic hydroxyl groups excluding tert-OH is 1. The third kappa shape index (κ3) is 1.31. The van der Waals surface area contributed by atoms with E-state index in [1.807, 2.05) is 0 Å². The van der Waals surface area contributed by atoms with Crippen LogP contribution in [-0.2, 0) is 0 Å². The largest absolute Gasteiger partial charge is 0.389 e. The van der Waals surface area contributed by atoms with E-state index in [1.54, 1.807) is 0 Å². The smallest absolute Gasteiger partial charge is 0.166 e. The second-order valence-electron chi connectivity index (χ2n) is 1.74. The fourth-order valence-corrected chi connectivity index (χ4v) is 0.722. The quantitative estimate of drug-likeness (QED) is 0.363. The van der Waals surface area contributed by atoms with Crippen molar-refractivity contribution in [1.82, 2.24) is 10.6 Å². The van der Waals surface area contributed by atoms with Gasteiger partial charge in [0.15, 0.2) is 5.11 Å². The Bertz CT molecular complexity index is 96.2. The summed E-state index contributed by atoms with van der Waals surface area (Å²) in [6.45, 7) is 1.15. The Balaban J connectivity index is 2.29. The van der Waals surface area contributed by atoms with Crippen LogP contribution >= 0.6 is 12.2 Å². The molecule has 0 amide bonds. The van der Waals surface area contributed by atoms with Gasteiger partial charge < -0.3 is 15.7 Å². The lowest BCUT2D eigenvalue weighted by Gasteiger charge is -2.20. The van der Waals surface area contributed by atoms with Crippen molar-refractivity contribution in [2.75, 3.05) is 13.1 Å². The van der Waals surface area contributed by atoms with Crippen molar-refractivity contribution in [1.29, 1.82) is 0 Å². The number of β-amino-alcohol motifs (C(OH)–C–C–N with tert-alkyl or cyclic N) is 1. The van der Waals surface area contributed by atoms with Crippen molar-refractivity contribution in [3.05, 3.63) is 0 Å². The molecule has 3 N–H and O–H groups in total. The molecule has 1 aliphatic rings. The molecule has 46 valence electrons. The molecule has 0 aromatic carbocycles. The molecule has 0 aliphatic carbocycles. The number of hydrogen-bond acceptors (Lipinski definition) is 2. The zero-order valence-electron chi connectivity index (χ0n) is 4.35. The van der Waals surface area contributed by atoms with Gasteiger partial charge in [0.25, 0.3) is 0 Å². The third-order valence-electron chi connectivity index (χ3n) is 0.996. The van der Waals surface area contributed by atoms with Crippen LogP contribution in [0, 0.1) is 0 Å². The summed E-state index contributed by atoms with van der Waals surface area (Å²) in [5.74, 6) is 0. The molecule has 0 atom stereocenters. The van der Waals surface area contributed by atoms with Crippen LogP contribution in [0.4, 0.5) is 0 Å². The highest BCUT2D eigenvalue weighted by Crippen LogP contribution is 1.83. The Kier molecular flexibility index (Phi) is 1.65. The van der Waals surface area contributed by atoms with Gasteiger partial charge in [0.1, 0.15) is 0 Å². The van der Waals surface area contributed by atoms with Crippen molar-refractivity contribution < 1.29 is 5.11 Å². The van der Waals surface area contributed by atoms with Crippen LogP contribution < -0.4 is 10.6 Å². The summed E-state index contributed by atoms with van der Waals surface area (Å²) in [7, 11) is 0. The van der Waals surface area contributed by atoms with E-state index in [0.717, 1.165) is 0 Å². The fraction of sp³-hybridized carbons (Fsp3) is 0.750. The van der Waals surface area contributed by atoms with Crippen molar-refractivity contribution in [3.63, 3.8) is 0 Å². The topological polar surface area (TPSA) is 44.3 Å². The minimum atomic E-state index is -0.290. The number of aliphatic hydroxyl groups is 1. The molecule has 1 fully saturated rings. The Morgan fingerprint density at radius 3 is 2.38 bits per heavy atom. The van der Waals surface area contributed by atoms with Gasteiger partial charge in [0, 0.05) is 13.1 Å². The highest BCUT2D eigenvalue weighted by atomic mass is 32.1. The Hall–Kier alpha value is -0.350. The highest BCUT2D eigenvalue weighted by molar-refractivity contribution is 7.80. The van der Waals surface area contributed by atoms with Gasteiger partial charge in [-0.25, -0.2) is 0 Å². The molecule has 0 bridgehead atoms. The van der Waals surface area contributed by atoms with E-state index in [0.29, 0.717) is 18.2 Å². The maximum atomic E-state index is 8.84. The average molecular weight is 132 g/mol. The summed E-state index contributed by atoms with van der Waals surface area (Å²) in [4.78, 5) is 0. The van der Waals surface area contributed by atoms with E-state index >= 15 is 0 Å². The zero-order valence-corrected chi connectivity index (χ0v) is 5.16. The third-order valence-corrected chi connectivity index (χ3v) is 1.29. The fourth-order valence-electron chi connectivity index (χ4n) is 0.556. The molecule has 4 heteroatoms. The Labute approximate surface area is 53.1 Å². The highest BCUT2D eigenvalue weighted by Gasteiger charge is 2.09. The molecular weight excluding hydrogens is 124 g/mol. The van der Waals surface area contributed by atoms with Crippen LogP contribution in [0.2, 0.25) is 0 Å². The van der Waals surface area contributed by atoms with E-state index in [-0.39, 0.29) is 6.10 Å². The molecule has 0 saturated carbocycles. The maximum Gasteiger partial charge on any atom is 0.166 e. The van der Waals surface area contributed by atoms with Crippen molar-refractivity contribution >= 4 is 17.3 Å². The molecule has 1 aliphatic heterocycles.